The average molecular weight is 522 g/mol. The van der Waals surface area contributed by atoms with E-state index in [-0.39, 0.29) is 11.9 Å². The number of imidazole rings is 1. The quantitative estimate of drug-likeness (QED) is 0.295. The van der Waals surface area contributed by atoms with Crippen molar-refractivity contribution in [2.24, 2.45) is 0 Å². The lowest BCUT2D eigenvalue weighted by Gasteiger charge is -2.15. The summed E-state index contributed by atoms with van der Waals surface area (Å²) in [5.41, 5.74) is 4.56. The number of aromatic nitrogens is 5. The summed E-state index contributed by atoms with van der Waals surface area (Å²) >= 11 is 0. The van der Waals surface area contributed by atoms with Crippen LogP contribution in [-0.2, 0) is 25.8 Å². The molecule has 0 bridgehead atoms. The van der Waals surface area contributed by atoms with E-state index in [0.717, 1.165) is 34.4 Å². The molecular formula is C28H30F3N7. The minimum atomic E-state index is -4.51. The van der Waals surface area contributed by atoms with Crippen molar-refractivity contribution in [3.63, 3.8) is 0 Å². The molecule has 0 saturated carbocycles. The van der Waals surface area contributed by atoms with E-state index in [4.69, 9.17) is 9.97 Å². The zero-order chi connectivity index (χ0) is 27.0. The fourth-order valence-corrected chi connectivity index (χ4v) is 4.60. The summed E-state index contributed by atoms with van der Waals surface area (Å²) in [6, 6.07) is 11.5. The van der Waals surface area contributed by atoms with Crippen molar-refractivity contribution in [1.82, 2.24) is 29.8 Å². The topological polar surface area (TPSA) is 80.6 Å². The fourth-order valence-electron chi connectivity index (χ4n) is 4.60. The average Bonchev–Trinajstić information content (AvgIpc) is 3.55. The van der Waals surface area contributed by atoms with Gasteiger partial charge in [-0.2, -0.15) is 13.2 Å². The van der Waals surface area contributed by atoms with E-state index in [0.29, 0.717) is 37.1 Å². The zero-order valence-electron chi connectivity index (χ0n) is 21.8. The lowest BCUT2D eigenvalue weighted by atomic mass is 9.96. The molecule has 4 heterocycles. The summed E-state index contributed by atoms with van der Waals surface area (Å²) in [5, 5.41) is 6.78. The molecule has 0 spiro atoms. The van der Waals surface area contributed by atoms with Crippen LogP contribution in [0.5, 0.6) is 0 Å². The van der Waals surface area contributed by atoms with Gasteiger partial charge < -0.3 is 15.2 Å². The van der Waals surface area contributed by atoms with Crippen molar-refractivity contribution in [3.05, 3.63) is 76.9 Å². The molecule has 0 radical (unpaired) electrons. The number of pyridine rings is 1. The number of rotatable bonds is 7. The number of nitrogens with one attached hydrogen (secondary N) is 2. The second-order valence-corrected chi connectivity index (χ2v) is 10.0. The molecule has 0 unspecified atom stereocenters. The third-order valence-electron chi connectivity index (χ3n) is 6.60. The molecule has 7 nitrogen and oxygen atoms in total. The number of alkyl halides is 3. The van der Waals surface area contributed by atoms with Crippen LogP contribution in [-0.4, -0.2) is 24.5 Å². The third kappa shape index (κ3) is 5.13. The summed E-state index contributed by atoms with van der Waals surface area (Å²) in [6.07, 6.45) is -1.82. The minimum Gasteiger partial charge on any atom is -0.366 e. The van der Waals surface area contributed by atoms with E-state index in [1.54, 1.807) is 12.3 Å². The van der Waals surface area contributed by atoms with Gasteiger partial charge in [0.2, 0.25) is 0 Å². The summed E-state index contributed by atoms with van der Waals surface area (Å²) in [6.45, 7) is 9.75. The standard InChI is InChI=1S/C28H30F3N7/c1-16(2)19-7-5-6-8-20(19)26-35-23-14-32-13-21(23)25(37-26)34-12-18-9-10-22(33-11-18)27-36-24(28(29,30)31)15-38(27)17(3)4/h5-11,15-17,32H,12-14H2,1-4H3,(H,34,35,37). The Morgan fingerprint density at radius 3 is 2.47 bits per heavy atom. The number of halogens is 3. The second kappa shape index (κ2) is 10.2. The Kier molecular flexibility index (Phi) is 6.92. The Balaban J connectivity index is 1.40. The number of hydrogen-bond acceptors (Lipinski definition) is 6. The van der Waals surface area contributed by atoms with E-state index >= 15 is 0 Å². The Hall–Kier alpha value is -3.79. The highest BCUT2D eigenvalue weighted by Gasteiger charge is 2.35. The van der Waals surface area contributed by atoms with Gasteiger partial charge in [0.05, 0.1) is 5.69 Å². The van der Waals surface area contributed by atoms with Gasteiger partial charge in [-0.15, -0.1) is 0 Å². The Bertz CT molecular complexity index is 1440. The molecule has 1 aliphatic rings. The largest absolute Gasteiger partial charge is 0.434 e. The molecule has 2 N–H and O–H groups in total. The van der Waals surface area contributed by atoms with Crippen LogP contribution in [0, 0.1) is 0 Å². The van der Waals surface area contributed by atoms with Crippen molar-refractivity contribution in [3.8, 4) is 22.9 Å². The molecule has 0 atom stereocenters. The van der Waals surface area contributed by atoms with E-state index in [2.05, 4.69) is 46.6 Å². The van der Waals surface area contributed by atoms with Crippen molar-refractivity contribution < 1.29 is 13.2 Å². The van der Waals surface area contributed by atoms with Crippen LogP contribution in [0.2, 0.25) is 0 Å². The van der Waals surface area contributed by atoms with Gasteiger partial charge in [-0.25, -0.2) is 15.0 Å². The number of benzene rings is 1. The molecule has 0 fully saturated rings. The maximum Gasteiger partial charge on any atom is 0.434 e. The molecule has 1 aromatic carbocycles. The number of anilines is 1. The van der Waals surface area contributed by atoms with Crippen molar-refractivity contribution in [1.29, 1.82) is 0 Å². The van der Waals surface area contributed by atoms with Gasteiger partial charge in [0, 0.05) is 49.2 Å². The maximum absolute atomic E-state index is 13.3. The van der Waals surface area contributed by atoms with Crippen LogP contribution in [0.15, 0.2) is 48.8 Å². The second-order valence-electron chi connectivity index (χ2n) is 10.0. The first-order chi connectivity index (χ1) is 18.1. The molecule has 10 heteroatoms. The molecule has 0 aliphatic carbocycles. The fraction of sp³-hybridized carbons (Fsp3) is 0.357. The van der Waals surface area contributed by atoms with E-state index in [9.17, 15) is 13.2 Å². The monoisotopic (exact) mass is 521 g/mol. The van der Waals surface area contributed by atoms with Gasteiger partial charge in [0.1, 0.15) is 11.5 Å². The van der Waals surface area contributed by atoms with E-state index in [1.807, 2.05) is 32.0 Å². The maximum atomic E-state index is 13.3. The van der Waals surface area contributed by atoms with Gasteiger partial charge in [0.15, 0.2) is 17.3 Å². The first-order valence-corrected chi connectivity index (χ1v) is 12.7. The zero-order valence-corrected chi connectivity index (χ0v) is 21.8. The highest BCUT2D eigenvalue weighted by Crippen LogP contribution is 2.33. The van der Waals surface area contributed by atoms with Crippen LogP contribution in [0.3, 0.4) is 0 Å². The Morgan fingerprint density at radius 2 is 1.79 bits per heavy atom. The third-order valence-corrected chi connectivity index (χ3v) is 6.60. The lowest BCUT2D eigenvalue weighted by Crippen LogP contribution is -2.09. The Labute approximate surface area is 219 Å². The first-order valence-electron chi connectivity index (χ1n) is 12.7. The first kappa shape index (κ1) is 25.8. The van der Waals surface area contributed by atoms with Gasteiger partial charge in [-0.05, 0) is 37.0 Å². The van der Waals surface area contributed by atoms with Crippen LogP contribution in [0.4, 0.5) is 19.0 Å². The van der Waals surface area contributed by atoms with Gasteiger partial charge >= 0.3 is 6.18 Å². The van der Waals surface area contributed by atoms with Gasteiger partial charge in [0.25, 0.3) is 0 Å². The molecule has 1 aliphatic heterocycles. The van der Waals surface area contributed by atoms with Gasteiger partial charge in [-0.1, -0.05) is 44.2 Å². The van der Waals surface area contributed by atoms with Gasteiger partial charge in [-0.3, -0.25) is 4.98 Å². The van der Waals surface area contributed by atoms with Crippen LogP contribution in [0.25, 0.3) is 22.9 Å². The van der Waals surface area contributed by atoms with Crippen LogP contribution >= 0.6 is 0 Å². The molecule has 198 valence electrons. The van der Waals surface area contributed by atoms with E-state index < -0.39 is 11.9 Å². The lowest BCUT2D eigenvalue weighted by molar-refractivity contribution is -0.140. The predicted octanol–water partition coefficient (Wildman–Crippen LogP) is 6.34. The number of fused-ring (bicyclic) bond motifs is 1. The van der Waals surface area contributed by atoms with Crippen LogP contribution in [0.1, 0.15) is 67.7 Å². The molecule has 0 saturated heterocycles. The number of hydrogen-bond donors (Lipinski definition) is 2. The minimum absolute atomic E-state index is 0.194. The van der Waals surface area contributed by atoms with Crippen molar-refractivity contribution in [2.75, 3.05) is 5.32 Å². The molecule has 3 aromatic heterocycles. The smallest absolute Gasteiger partial charge is 0.366 e. The molecule has 5 rings (SSSR count). The van der Waals surface area contributed by atoms with Crippen LogP contribution < -0.4 is 10.6 Å². The highest BCUT2D eigenvalue weighted by molar-refractivity contribution is 5.65. The van der Waals surface area contributed by atoms with Crippen molar-refractivity contribution in [2.45, 2.75) is 65.5 Å². The Morgan fingerprint density at radius 1 is 1.00 bits per heavy atom. The molecule has 0 amide bonds. The normalized spacial score (nSPS) is 13.4. The molecular weight excluding hydrogens is 491 g/mol. The number of nitrogens with zero attached hydrogens (tertiary/aromatic N) is 5. The summed E-state index contributed by atoms with van der Waals surface area (Å²) in [7, 11) is 0. The SMILES string of the molecule is CC(C)c1ccccc1-c1nc2c(c(NCc3ccc(-c4nc(C(F)(F)F)cn4C(C)C)nc3)n1)CNC2. The summed E-state index contributed by atoms with van der Waals surface area (Å²) in [5.74, 6) is 1.98. The predicted molar refractivity (Wildman–Crippen MR) is 140 cm³/mol. The summed E-state index contributed by atoms with van der Waals surface area (Å²) in [4.78, 5) is 18.0. The molecule has 4 aromatic rings. The van der Waals surface area contributed by atoms with Crippen molar-refractivity contribution >= 4 is 5.82 Å². The summed E-state index contributed by atoms with van der Waals surface area (Å²) < 4.78 is 41.3. The molecule has 38 heavy (non-hydrogen) atoms. The highest BCUT2D eigenvalue weighted by atomic mass is 19.4. The van der Waals surface area contributed by atoms with E-state index in [1.165, 1.54) is 10.1 Å².